The summed E-state index contributed by atoms with van der Waals surface area (Å²) in [5, 5.41) is 13.7. The quantitative estimate of drug-likeness (QED) is 0.581. The number of nitro benzene ring substituents is 1. The van der Waals surface area contributed by atoms with Crippen LogP contribution in [0, 0.1) is 17.0 Å². The minimum Gasteiger partial charge on any atom is -0.444 e. The van der Waals surface area contributed by atoms with Crippen molar-refractivity contribution in [3.63, 3.8) is 0 Å². The SMILES string of the molecule is Cc1ccc(C(=O)Nc2ccc(-c3cnco3)cc2)cc1[N+](=O)[O-]. The lowest BCUT2D eigenvalue weighted by atomic mass is 10.1. The standard InChI is InChI=1S/C17H13N3O4/c1-11-2-3-13(8-15(11)20(22)23)17(21)19-14-6-4-12(5-7-14)16-9-18-10-24-16/h2-10H,1H3,(H,19,21). The van der Waals surface area contributed by atoms with Gasteiger partial charge >= 0.3 is 0 Å². The Morgan fingerprint density at radius 2 is 1.96 bits per heavy atom. The lowest BCUT2D eigenvalue weighted by molar-refractivity contribution is -0.385. The highest BCUT2D eigenvalue weighted by Gasteiger charge is 2.15. The molecule has 0 radical (unpaired) electrons. The molecule has 0 spiro atoms. The third kappa shape index (κ3) is 3.14. The third-order valence-corrected chi connectivity index (χ3v) is 3.53. The second-order valence-electron chi connectivity index (χ2n) is 5.16. The second-order valence-corrected chi connectivity index (χ2v) is 5.16. The summed E-state index contributed by atoms with van der Waals surface area (Å²) in [4.78, 5) is 26.6. The van der Waals surface area contributed by atoms with Crippen molar-refractivity contribution in [2.75, 3.05) is 5.32 Å². The predicted molar refractivity (Wildman–Crippen MR) is 87.7 cm³/mol. The number of aromatic nitrogens is 1. The Kier molecular flexibility index (Phi) is 4.07. The number of nitrogens with one attached hydrogen (secondary N) is 1. The van der Waals surface area contributed by atoms with Crippen LogP contribution in [0.3, 0.4) is 0 Å². The molecule has 2 aromatic carbocycles. The summed E-state index contributed by atoms with van der Waals surface area (Å²) in [5.41, 5.74) is 2.06. The van der Waals surface area contributed by atoms with Gasteiger partial charge in [-0.3, -0.25) is 14.9 Å². The van der Waals surface area contributed by atoms with Crippen molar-refractivity contribution in [2.24, 2.45) is 0 Å². The molecule has 1 N–H and O–H groups in total. The van der Waals surface area contributed by atoms with Gasteiger partial charge in [0.25, 0.3) is 11.6 Å². The van der Waals surface area contributed by atoms with Gasteiger partial charge in [-0.2, -0.15) is 0 Å². The lowest BCUT2D eigenvalue weighted by Crippen LogP contribution is -2.12. The molecule has 0 atom stereocenters. The second kappa shape index (κ2) is 6.33. The van der Waals surface area contributed by atoms with Gasteiger partial charge in [-0.1, -0.05) is 6.07 Å². The summed E-state index contributed by atoms with van der Waals surface area (Å²) in [6, 6.07) is 11.4. The number of oxazole rings is 1. The highest BCUT2D eigenvalue weighted by molar-refractivity contribution is 6.04. The van der Waals surface area contributed by atoms with Gasteiger partial charge in [0, 0.05) is 28.4 Å². The fraction of sp³-hybridized carbons (Fsp3) is 0.0588. The average Bonchev–Trinajstić information content (AvgIpc) is 3.10. The van der Waals surface area contributed by atoms with Crippen LogP contribution in [0.5, 0.6) is 0 Å². The van der Waals surface area contributed by atoms with E-state index in [1.165, 1.54) is 12.5 Å². The van der Waals surface area contributed by atoms with Crippen molar-refractivity contribution in [1.29, 1.82) is 0 Å². The van der Waals surface area contributed by atoms with Crippen LogP contribution in [-0.2, 0) is 0 Å². The Bertz CT molecular complexity index is 887. The van der Waals surface area contributed by atoms with Gasteiger partial charge < -0.3 is 9.73 Å². The minimum absolute atomic E-state index is 0.0803. The summed E-state index contributed by atoms with van der Waals surface area (Å²) in [5.74, 6) is 0.215. The van der Waals surface area contributed by atoms with Crippen LogP contribution < -0.4 is 5.32 Å². The van der Waals surface area contributed by atoms with Crippen LogP contribution in [0.2, 0.25) is 0 Å². The molecule has 0 aliphatic heterocycles. The van der Waals surface area contributed by atoms with Gasteiger partial charge in [0.2, 0.25) is 0 Å². The largest absolute Gasteiger partial charge is 0.444 e. The van der Waals surface area contributed by atoms with Crippen molar-refractivity contribution in [3.05, 3.63) is 76.3 Å². The molecular formula is C17H13N3O4. The van der Waals surface area contributed by atoms with Crippen molar-refractivity contribution in [1.82, 2.24) is 4.98 Å². The van der Waals surface area contributed by atoms with E-state index in [1.807, 2.05) is 0 Å². The Balaban J connectivity index is 1.77. The number of hydrogen-bond acceptors (Lipinski definition) is 5. The molecule has 1 aromatic heterocycles. The number of benzene rings is 2. The van der Waals surface area contributed by atoms with Crippen LogP contribution in [0.25, 0.3) is 11.3 Å². The van der Waals surface area contributed by atoms with Crippen LogP contribution in [-0.4, -0.2) is 15.8 Å². The number of carbonyl (C=O) groups excluding carboxylic acids is 1. The molecule has 0 aliphatic carbocycles. The van der Waals surface area contributed by atoms with Crippen LogP contribution >= 0.6 is 0 Å². The first kappa shape index (κ1) is 15.4. The zero-order chi connectivity index (χ0) is 17.1. The fourth-order valence-electron chi connectivity index (χ4n) is 2.23. The highest BCUT2D eigenvalue weighted by Crippen LogP contribution is 2.22. The van der Waals surface area contributed by atoms with E-state index in [1.54, 1.807) is 49.5 Å². The molecular weight excluding hydrogens is 310 g/mol. The molecule has 120 valence electrons. The maximum Gasteiger partial charge on any atom is 0.273 e. The Morgan fingerprint density at radius 1 is 1.21 bits per heavy atom. The topological polar surface area (TPSA) is 98.3 Å². The van der Waals surface area contributed by atoms with Crippen LogP contribution in [0.4, 0.5) is 11.4 Å². The Morgan fingerprint density at radius 3 is 2.58 bits per heavy atom. The molecule has 1 amide bonds. The molecule has 1 heterocycles. The number of anilines is 1. The van der Waals surface area contributed by atoms with E-state index in [-0.39, 0.29) is 11.3 Å². The average molecular weight is 323 g/mol. The Hall–Kier alpha value is -3.48. The number of carbonyl (C=O) groups is 1. The molecule has 0 saturated heterocycles. The van der Waals surface area contributed by atoms with E-state index >= 15 is 0 Å². The van der Waals surface area contributed by atoms with Crippen molar-refractivity contribution >= 4 is 17.3 Å². The summed E-state index contributed by atoms with van der Waals surface area (Å²) in [6.07, 6.45) is 2.94. The number of nitrogens with zero attached hydrogens (tertiary/aromatic N) is 2. The molecule has 0 unspecified atom stereocenters. The summed E-state index contributed by atoms with van der Waals surface area (Å²) < 4.78 is 5.19. The third-order valence-electron chi connectivity index (χ3n) is 3.53. The fourth-order valence-corrected chi connectivity index (χ4v) is 2.23. The predicted octanol–water partition coefficient (Wildman–Crippen LogP) is 3.81. The van der Waals surface area contributed by atoms with E-state index < -0.39 is 10.8 Å². The first-order chi connectivity index (χ1) is 11.5. The molecule has 7 heteroatoms. The number of rotatable bonds is 4. The van der Waals surface area contributed by atoms with Gasteiger partial charge in [0.15, 0.2) is 12.2 Å². The highest BCUT2D eigenvalue weighted by atomic mass is 16.6. The van der Waals surface area contributed by atoms with Gasteiger partial charge in [-0.25, -0.2) is 4.98 Å². The van der Waals surface area contributed by atoms with Crippen LogP contribution in [0.15, 0.2) is 59.5 Å². The van der Waals surface area contributed by atoms with E-state index in [2.05, 4.69) is 10.3 Å². The van der Waals surface area contributed by atoms with Gasteiger partial charge in [-0.05, 0) is 37.3 Å². The molecule has 0 bridgehead atoms. The van der Waals surface area contributed by atoms with Gasteiger partial charge in [0.05, 0.1) is 11.1 Å². The summed E-state index contributed by atoms with van der Waals surface area (Å²) >= 11 is 0. The molecule has 0 fully saturated rings. The Labute approximate surface area is 137 Å². The zero-order valence-corrected chi connectivity index (χ0v) is 12.7. The van der Waals surface area contributed by atoms with Crippen molar-refractivity contribution in [3.8, 4) is 11.3 Å². The minimum atomic E-state index is -0.502. The lowest BCUT2D eigenvalue weighted by Gasteiger charge is -2.06. The molecule has 3 aromatic rings. The van der Waals surface area contributed by atoms with Gasteiger partial charge in [0.1, 0.15) is 0 Å². The summed E-state index contributed by atoms with van der Waals surface area (Å²) in [7, 11) is 0. The summed E-state index contributed by atoms with van der Waals surface area (Å²) in [6.45, 7) is 1.63. The normalized spacial score (nSPS) is 10.4. The van der Waals surface area contributed by atoms with Crippen molar-refractivity contribution in [2.45, 2.75) is 6.92 Å². The van der Waals surface area contributed by atoms with E-state index in [9.17, 15) is 14.9 Å². The van der Waals surface area contributed by atoms with E-state index in [0.717, 1.165) is 5.56 Å². The zero-order valence-electron chi connectivity index (χ0n) is 12.7. The first-order valence-electron chi connectivity index (χ1n) is 7.10. The maximum atomic E-state index is 12.3. The number of nitro groups is 1. The first-order valence-corrected chi connectivity index (χ1v) is 7.10. The van der Waals surface area contributed by atoms with Gasteiger partial charge in [-0.15, -0.1) is 0 Å². The number of amides is 1. The number of hydrogen-bond donors (Lipinski definition) is 1. The van der Waals surface area contributed by atoms with E-state index in [4.69, 9.17) is 4.42 Å². The molecule has 3 rings (SSSR count). The maximum absolute atomic E-state index is 12.3. The molecule has 0 saturated carbocycles. The smallest absolute Gasteiger partial charge is 0.273 e. The monoisotopic (exact) mass is 323 g/mol. The van der Waals surface area contributed by atoms with Crippen LogP contribution in [0.1, 0.15) is 15.9 Å². The van der Waals surface area contributed by atoms with E-state index in [0.29, 0.717) is 17.0 Å². The van der Waals surface area contributed by atoms with Crippen molar-refractivity contribution < 1.29 is 14.1 Å². The molecule has 24 heavy (non-hydrogen) atoms. The number of aryl methyl sites for hydroxylation is 1. The molecule has 7 nitrogen and oxygen atoms in total. The molecule has 0 aliphatic rings.